The summed E-state index contributed by atoms with van der Waals surface area (Å²) in [5.74, 6) is 0.0984. The molecule has 3 nitrogen and oxygen atoms in total. The van der Waals surface area contributed by atoms with E-state index in [4.69, 9.17) is 4.42 Å². The highest BCUT2D eigenvalue weighted by Gasteiger charge is 2.11. The van der Waals surface area contributed by atoms with Crippen LogP contribution >= 0.6 is 15.9 Å². The Morgan fingerprint density at radius 2 is 2.14 bits per heavy atom. The minimum Gasteiger partial charge on any atom is -0.507 e. The van der Waals surface area contributed by atoms with Gasteiger partial charge < -0.3 is 9.52 Å². The van der Waals surface area contributed by atoms with Crippen molar-refractivity contribution < 1.29 is 9.52 Å². The molecule has 1 heterocycles. The van der Waals surface area contributed by atoms with Crippen LogP contribution in [-0.4, -0.2) is 5.11 Å². The van der Waals surface area contributed by atoms with Crippen molar-refractivity contribution in [3.8, 4) is 5.75 Å². The van der Waals surface area contributed by atoms with Crippen molar-refractivity contribution in [2.45, 2.75) is 6.92 Å². The zero-order chi connectivity index (χ0) is 10.3. The van der Waals surface area contributed by atoms with E-state index in [9.17, 15) is 9.90 Å². The second kappa shape index (κ2) is 3.13. The molecule has 0 saturated heterocycles. The fourth-order valence-electron chi connectivity index (χ4n) is 1.28. The van der Waals surface area contributed by atoms with Crippen LogP contribution in [0, 0.1) is 6.92 Å². The minimum atomic E-state index is -0.394. The summed E-state index contributed by atoms with van der Waals surface area (Å²) >= 11 is 3.26. The summed E-state index contributed by atoms with van der Waals surface area (Å²) in [6.45, 7) is 1.64. The standard InChI is InChI=1S/C10H7BrO3/c1-5-9(11)8-6(12)3-2-4-7(8)14-10(5)13/h2-4,12H,1H3. The number of halogens is 1. The highest BCUT2D eigenvalue weighted by Crippen LogP contribution is 2.31. The summed E-state index contributed by atoms with van der Waals surface area (Å²) < 4.78 is 5.59. The Labute approximate surface area is 88.1 Å². The van der Waals surface area contributed by atoms with E-state index >= 15 is 0 Å². The first-order chi connectivity index (χ1) is 6.61. The summed E-state index contributed by atoms with van der Waals surface area (Å²) in [5.41, 5.74) is 0.446. The smallest absolute Gasteiger partial charge is 0.340 e. The van der Waals surface area contributed by atoms with E-state index in [2.05, 4.69) is 15.9 Å². The van der Waals surface area contributed by atoms with E-state index in [0.29, 0.717) is 21.0 Å². The fraction of sp³-hybridized carbons (Fsp3) is 0.100. The third-order valence-corrected chi connectivity index (χ3v) is 3.05. The molecule has 4 heteroatoms. The summed E-state index contributed by atoms with van der Waals surface area (Å²) in [5, 5.41) is 10.1. The van der Waals surface area contributed by atoms with Gasteiger partial charge in [-0.25, -0.2) is 4.79 Å². The zero-order valence-electron chi connectivity index (χ0n) is 7.37. The van der Waals surface area contributed by atoms with Crippen LogP contribution in [0.25, 0.3) is 11.0 Å². The molecule has 1 N–H and O–H groups in total. The third kappa shape index (κ3) is 1.23. The Morgan fingerprint density at radius 1 is 1.43 bits per heavy atom. The average Bonchev–Trinajstić information content (AvgIpc) is 2.14. The second-order valence-electron chi connectivity index (χ2n) is 2.98. The lowest BCUT2D eigenvalue weighted by atomic mass is 10.2. The molecule has 0 spiro atoms. The molecule has 2 aromatic rings. The first-order valence-corrected chi connectivity index (χ1v) is 4.81. The van der Waals surface area contributed by atoms with Crippen molar-refractivity contribution >= 4 is 26.9 Å². The van der Waals surface area contributed by atoms with Crippen molar-refractivity contribution in [1.82, 2.24) is 0 Å². The van der Waals surface area contributed by atoms with Gasteiger partial charge in [-0.3, -0.25) is 0 Å². The van der Waals surface area contributed by atoms with Crippen molar-refractivity contribution in [3.63, 3.8) is 0 Å². The molecule has 0 radical (unpaired) electrons. The molecule has 0 aliphatic carbocycles. The predicted octanol–water partition coefficient (Wildman–Crippen LogP) is 2.57. The molecule has 0 atom stereocenters. The van der Waals surface area contributed by atoms with Crippen LogP contribution in [-0.2, 0) is 0 Å². The largest absolute Gasteiger partial charge is 0.507 e. The third-order valence-electron chi connectivity index (χ3n) is 2.06. The van der Waals surface area contributed by atoms with Gasteiger partial charge in [0, 0.05) is 10.0 Å². The predicted molar refractivity (Wildman–Crippen MR) is 56.6 cm³/mol. The van der Waals surface area contributed by atoms with E-state index in [-0.39, 0.29) is 5.75 Å². The van der Waals surface area contributed by atoms with Gasteiger partial charge in [0.25, 0.3) is 0 Å². The van der Waals surface area contributed by atoms with E-state index in [0.717, 1.165) is 0 Å². The second-order valence-corrected chi connectivity index (χ2v) is 3.77. The van der Waals surface area contributed by atoms with Gasteiger partial charge in [0.05, 0.1) is 5.39 Å². The topological polar surface area (TPSA) is 50.4 Å². The lowest BCUT2D eigenvalue weighted by Crippen LogP contribution is -2.03. The van der Waals surface area contributed by atoms with Gasteiger partial charge in [-0.15, -0.1) is 0 Å². The van der Waals surface area contributed by atoms with Crippen molar-refractivity contribution in [2.75, 3.05) is 0 Å². The van der Waals surface area contributed by atoms with Gasteiger partial charge in [0.1, 0.15) is 11.3 Å². The molecule has 0 saturated carbocycles. The number of aromatic hydroxyl groups is 1. The molecule has 72 valence electrons. The van der Waals surface area contributed by atoms with Gasteiger partial charge in [-0.2, -0.15) is 0 Å². The Morgan fingerprint density at radius 3 is 2.86 bits per heavy atom. The molecule has 2 rings (SSSR count). The van der Waals surface area contributed by atoms with Crippen LogP contribution < -0.4 is 5.63 Å². The normalized spacial score (nSPS) is 10.7. The van der Waals surface area contributed by atoms with Gasteiger partial charge >= 0.3 is 5.63 Å². The Balaban J connectivity index is 3.07. The minimum absolute atomic E-state index is 0.0984. The molecule has 0 aliphatic heterocycles. The summed E-state index contributed by atoms with van der Waals surface area (Å²) in [6, 6.07) is 4.82. The number of benzene rings is 1. The van der Waals surface area contributed by atoms with Gasteiger partial charge in [0.15, 0.2) is 0 Å². The number of fused-ring (bicyclic) bond motifs is 1. The van der Waals surface area contributed by atoms with Crippen LogP contribution in [0.1, 0.15) is 5.56 Å². The Bertz CT molecular complexity index is 557. The molecule has 0 fully saturated rings. The molecule has 14 heavy (non-hydrogen) atoms. The lowest BCUT2D eigenvalue weighted by molar-refractivity contribution is 0.478. The Kier molecular flexibility index (Phi) is 2.07. The lowest BCUT2D eigenvalue weighted by Gasteiger charge is -2.03. The van der Waals surface area contributed by atoms with Crippen molar-refractivity contribution in [2.24, 2.45) is 0 Å². The van der Waals surface area contributed by atoms with Crippen LogP contribution in [0.5, 0.6) is 5.75 Å². The van der Waals surface area contributed by atoms with Gasteiger partial charge in [-0.1, -0.05) is 6.07 Å². The van der Waals surface area contributed by atoms with E-state index in [1.54, 1.807) is 25.1 Å². The summed E-state index contributed by atoms with van der Waals surface area (Å²) in [6.07, 6.45) is 0. The molecule has 1 aromatic carbocycles. The van der Waals surface area contributed by atoms with Crippen LogP contribution in [0.15, 0.2) is 31.9 Å². The average molecular weight is 255 g/mol. The number of phenolic OH excluding ortho intramolecular Hbond substituents is 1. The maximum absolute atomic E-state index is 11.3. The number of hydrogen-bond donors (Lipinski definition) is 1. The van der Waals surface area contributed by atoms with Crippen molar-refractivity contribution in [3.05, 3.63) is 38.7 Å². The van der Waals surface area contributed by atoms with Crippen LogP contribution in [0.4, 0.5) is 0 Å². The number of rotatable bonds is 0. The number of hydrogen-bond acceptors (Lipinski definition) is 3. The van der Waals surface area contributed by atoms with Gasteiger partial charge in [-0.05, 0) is 35.0 Å². The van der Waals surface area contributed by atoms with E-state index in [1.807, 2.05) is 0 Å². The maximum Gasteiger partial charge on any atom is 0.340 e. The van der Waals surface area contributed by atoms with Crippen LogP contribution in [0.2, 0.25) is 0 Å². The molecule has 0 bridgehead atoms. The van der Waals surface area contributed by atoms with Crippen molar-refractivity contribution in [1.29, 1.82) is 0 Å². The highest BCUT2D eigenvalue weighted by atomic mass is 79.9. The SMILES string of the molecule is Cc1c(Br)c2c(O)cccc2oc1=O. The molecular formula is C10H7BrO3. The molecule has 1 aromatic heterocycles. The van der Waals surface area contributed by atoms with Crippen LogP contribution in [0.3, 0.4) is 0 Å². The number of phenols is 1. The first-order valence-electron chi connectivity index (χ1n) is 4.02. The monoisotopic (exact) mass is 254 g/mol. The fourth-order valence-corrected chi connectivity index (χ4v) is 1.84. The maximum atomic E-state index is 11.3. The molecular weight excluding hydrogens is 248 g/mol. The van der Waals surface area contributed by atoms with E-state index in [1.165, 1.54) is 0 Å². The molecule has 0 aliphatic rings. The Hall–Kier alpha value is -1.29. The van der Waals surface area contributed by atoms with Gasteiger partial charge in [0.2, 0.25) is 0 Å². The highest BCUT2D eigenvalue weighted by molar-refractivity contribution is 9.10. The summed E-state index contributed by atoms with van der Waals surface area (Å²) in [7, 11) is 0. The molecule has 0 unspecified atom stereocenters. The summed E-state index contributed by atoms with van der Waals surface area (Å²) in [4.78, 5) is 11.3. The van der Waals surface area contributed by atoms with E-state index < -0.39 is 5.63 Å². The first kappa shape index (κ1) is 9.27. The quantitative estimate of drug-likeness (QED) is 0.736. The zero-order valence-corrected chi connectivity index (χ0v) is 8.96. The molecule has 0 amide bonds.